The highest BCUT2D eigenvalue weighted by atomic mass is 32.1. The fourth-order valence-electron chi connectivity index (χ4n) is 2.07. The van der Waals surface area contributed by atoms with Crippen molar-refractivity contribution in [3.63, 3.8) is 0 Å². The Balaban J connectivity index is 1.82. The molecule has 0 atom stereocenters. The van der Waals surface area contributed by atoms with E-state index in [9.17, 15) is 4.79 Å². The lowest BCUT2D eigenvalue weighted by Gasteiger charge is -2.06. The largest absolute Gasteiger partial charge is 0.497 e. The summed E-state index contributed by atoms with van der Waals surface area (Å²) in [7, 11) is 1.61. The molecule has 0 fully saturated rings. The Hall–Kier alpha value is -2.66. The smallest absolute Gasteiger partial charge is 0.268 e. The van der Waals surface area contributed by atoms with Crippen LogP contribution in [0.1, 0.15) is 9.67 Å². The van der Waals surface area contributed by atoms with Crippen LogP contribution in [0.15, 0.2) is 60.1 Å². The normalized spacial score (nSPS) is 10.2. The van der Waals surface area contributed by atoms with Crippen molar-refractivity contribution in [1.29, 1.82) is 0 Å². The van der Waals surface area contributed by atoms with Gasteiger partial charge >= 0.3 is 0 Å². The maximum atomic E-state index is 12.5. The van der Waals surface area contributed by atoms with E-state index in [1.54, 1.807) is 36.9 Å². The lowest BCUT2D eigenvalue weighted by atomic mass is 10.1. The van der Waals surface area contributed by atoms with Gasteiger partial charge in [-0.15, -0.1) is 11.3 Å². The molecule has 4 nitrogen and oxygen atoms in total. The highest BCUT2D eigenvalue weighted by molar-refractivity contribution is 7.12. The Labute approximate surface area is 132 Å². The molecule has 22 heavy (non-hydrogen) atoms. The van der Waals surface area contributed by atoms with Crippen molar-refractivity contribution in [2.24, 2.45) is 0 Å². The second-order valence-corrected chi connectivity index (χ2v) is 5.43. The monoisotopic (exact) mass is 310 g/mol. The molecule has 1 aromatic heterocycles. The first-order valence-electron chi connectivity index (χ1n) is 6.72. The number of anilines is 1. The highest BCUT2D eigenvalue weighted by Gasteiger charge is 2.16. The number of hydrogen-bond donors (Lipinski definition) is 1. The number of thiazole rings is 1. The minimum Gasteiger partial charge on any atom is -0.497 e. The second kappa shape index (κ2) is 6.41. The molecular formula is C17H14N2O2S. The fraction of sp³-hybridized carbons (Fsp3) is 0.0588. The van der Waals surface area contributed by atoms with E-state index < -0.39 is 0 Å². The van der Waals surface area contributed by atoms with Crippen LogP contribution in [0.25, 0.3) is 11.3 Å². The zero-order chi connectivity index (χ0) is 15.4. The number of carbonyl (C=O) groups is 1. The van der Waals surface area contributed by atoms with E-state index in [-0.39, 0.29) is 5.91 Å². The van der Waals surface area contributed by atoms with Crippen molar-refractivity contribution in [3.8, 4) is 17.0 Å². The Bertz CT molecular complexity index is 767. The molecule has 110 valence electrons. The summed E-state index contributed by atoms with van der Waals surface area (Å²) in [4.78, 5) is 17.4. The van der Waals surface area contributed by atoms with Gasteiger partial charge in [-0.05, 0) is 24.3 Å². The molecule has 0 saturated heterocycles. The standard InChI is InChI=1S/C17H14N2O2S/c1-21-14-9-7-13(8-10-14)19-17(20)16-15(18-11-22-16)12-5-3-2-4-6-12/h2-11H,1H3,(H,19,20). The van der Waals surface area contributed by atoms with Crippen LogP contribution in [0.5, 0.6) is 5.75 Å². The first-order chi connectivity index (χ1) is 10.8. The Kier molecular flexibility index (Phi) is 4.16. The van der Waals surface area contributed by atoms with E-state index >= 15 is 0 Å². The second-order valence-electron chi connectivity index (χ2n) is 4.58. The first-order valence-corrected chi connectivity index (χ1v) is 7.60. The summed E-state index contributed by atoms with van der Waals surface area (Å²) in [5, 5.41) is 2.88. The zero-order valence-corrected chi connectivity index (χ0v) is 12.8. The van der Waals surface area contributed by atoms with Crippen LogP contribution in [0.2, 0.25) is 0 Å². The van der Waals surface area contributed by atoms with Gasteiger partial charge < -0.3 is 10.1 Å². The van der Waals surface area contributed by atoms with E-state index in [2.05, 4.69) is 10.3 Å². The molecule has 5 heteroatoms. The summed E-state index contributed by atoms with van der Waals surface area (Å²) >= 11 is 1.33. The third-order valence-electron chi connectivity index (χ3n) is 3.17. The molecule has 3 rings (SSSR count). The summed E-state index contributed by atoms with van der Waals surface area (Å²) in [6.45, 7) is 0. The molecule has 0 saturated carbocycles. The van der Waals surface area contributed by atoms with Gasteiger partial charge in [0.2, 0.25) is 0 Å². The van der Waals surface area contributed by atoms with Crippen LogP contribution >= 0.6 is 11.3 Å². The van der Waals surface area contributed by atoms with Crippen LogP contribution < -0.4 is 10.1 Å². The Morgan fingerprint density at radius 1 is 1.09 bits per heavy atom. The summed E-state index contributed by atoms with van der Waals surface area (Å²) in [6.07, 6.45) is 0. The van der Waals surface area contributed by atoms with Crippen LogP contribution in [-0.4, -0.2) is 18.0 Å². The Morgan fingerprint density at radius 3 is 2.50 bits per heavy atom. The van der Waals surface area contributed by atoms with E-state index in [1.807, 2.05) is 30.3 Å². The summed E-state index contributed by atoms with van der Waals surface area (Å²) in [5.41, 5.74) is 4.05. The molecule has 0 aliphatic rings. The number of carbonyl (C=O) groups excluding carboxylic acids is 1. The van der Waals surface area contributed by atoms with Gasteiger partial charge in [0.15, 0.2) is 0 Å². The topological polar surface area (TPSA) is 51.2 Å². The van der Waals surface area contributed by atoms with Crippen LogP contribution in [0, 0.1) is 0 Å². The van der Waals surface area contributed by atoms with Crippen LogP contribution in [0.3, 0.4) is 0 Å². The quantitative estimate of drug-likeness (QED) is 0.790. The molecule has 1 N–H and O–H groups in total. The number of rotatable bonds is 4. The Morgan fingerprint density at radius 2 is 1.82 bits per heavy atom. The molecule has 1 amide bonds. The van der Waals surface area contributed by atoms with Crippen molar-refractivity contribution in [2.75, 3.05) is 12.4 Å². The maximum Gasteiger partial charge on any atom is 0.268 e. The molecule has 0 spiro atoms. The third kappa shape index (κ3) is 2.99. The number of benzene rings is 2. The number of ether oxygens (including phenoxy) is 1. The van der Waals surface area contributed by atoms with E-state index in [0.29, 0.717) is 10.6 Å². The zero-order valence-electron chi connectivity index (χ0n) is 11.9. The lowest BCUT2D eigenvalue weighted by Crippen LogP contribution is -2.11. The van der Waals surface area contributed by atoms with Gasteiger partial charge in [0.05, 0.1) is 18.3 Å². The van der Waals surface area contributed by atoms with Crippen molar-refractivity contribution in [2.45, 2.75) is 0 Å². The van der Waals surface area contributed by atoms with Crippen LogP contribution in [-0.2, 0) is 0 Å². The summed E-state index contributed by atoms with van der Waals surface area (Å²) in [6, 6.07) is 16.9. The van der Waals surface area contributed by atoms with Crippen molar-refractivity contribution >= 4 is 22.9 Å². The average molecular weight is 310 g/mol. The van der Waals surface area contributed by atoms with Gasteiger partial charge in [0, 0.05) is 11.3 Å². The molecule has 1 heterocycles. The SMILES string of the molecule is COc1ccc(NC(=O)c2scnc2-c2ccccc2)cc1. The number of nitrogens with zero attached hydrogens (tertiary/aromatic N) is 1. The van der Waals surface area contributed by atoms with E-state index in [1.165, 1.54) is 11.3 Å². The molecule has 0 bridgehead atoms. The number of hydrogen-bond acceptors (Lipinski definition) is 4. The molecular weight excluding hydrogens is 296 g/mol. The van der Waals surface area contributed by atoms with E-state index in [4.69, 9.17) is 4.74 Å². The number of amides is 1. The number of aromatic nitrogens is 1. The third-order valence-corrected chi connectivity index (χ3v) is 3.99. The fourth-order valence-corrected chi connectivity index (χ4v) is 2.77. The van der Waals surface area contributed by atoms with Crippen LogP contribution in [0.4, 0.5) is 5.69 Å². The molecule has 0 aliphatic heterocycles. The molecule has 0 radical (unpaired) electrons. The number of nitrogens with one attached hydrogen (secondary N) is 1. The van der Waals surface area contributed by atoms with Gasteiger partial charge in [-0.25, -0.2) is 4.98 Å². The van der Waals surface area contributed by atoms with Gasteiger partial charge in [-0.3, -0.25) is 4.79 Å². The maximum absolute atomic E-state index is 12.5. The van der Waals surface area contributed by atoms with Crippen molar-refractivity contribution < 1.29 is 9.53 Å². The van der Waals surface area contributed by atoms with Crippen molar-refractivity contribution in [1.82, 2.24) is 4.98 Å². The van der Waals surface area contributed by atoms with Gasteiger partial charge in [-0.1, -0.05) is 30.3 Å². The highest BCUT2D eigenvalue weighted by Crippen LogP contribution is 2.26. The predicted molar refractivity (Wildman–Crippen MR) is 88.5 cm³/mol. The average Bonchev–Trinajstić information content (AvgIpc) is 3.06. The summed E-state index contributed by atoms with van der Waals surface area (Å²) < 4.78 is 5.10. The lowest BCUT2D eigenvalue weighted by molar-refractivity contribution is 0.103. The predicted octanol–water partition coefficient (Wildman–Crippen LogP) is 4.07. The minimum absolute atomic E-state index is 0.161. The van der Waals surface area contributed by atoms with Gasteiger partial charge in [0.25, 0.3) is 5.91 Å². The molecule has 0 aliphatic carbocycles. The molecule has 2 aromatic carbocycles. The first kappa shape index (κ1) is 14.3. The summed E-state index contributed by atoms with van der Waals surface area (Å²) in [5.74, 6) is 0.590. The van der Waals surface area contributed by atoms with E-state index in [0.717, 1.165) is 17.0 Å². The number of methoxy groups -OCH3 is 1. The minimum atomic E-state index is -0.161. The van der Waals surface area contributed by atoms with Gasteiger partial charge in [-0.2, -0.15) is 0 Å². The van der Waals surface area contributed by atoms with Gasteiger partial charge in [0.1, 0.15) is 10.6 Å². The molecule has 3 aromatic rings. The molecule has 0 unspecified atom stereocenters. The van der Waals surface area contributed by atoms with Crippen molar-refractivity contribution in [3.05, 3.63) is 65.0 Å².